The van der Waals surface area contributed by atoms with Crippen molar-refractivity contribution < 1.29 is 19.7 Å². The average Bonchev–Trinajstić information content (AvgIpc) is 1.77. The second-order valence-corrected chi connectivity index (χ2v) is 4.53. The fourth-order valence-corrected chi connectivity index (χ4v) is 1.05. The van der Waals surface area contributed by atoms with Crippen molar-refractivity contribution in [2.24, 2.45) is 0 Å². The quantitative estimate of drug-likeness (QED) is 0.666. The van der Waals surface area contributed by atoms with Crippen molar-refractivity contribution in [3.05, 3.63) is 0 Å². The highest BCUT2D eigenvalue weighted by Crippen LogP contribution is 2.10. The molecule has 0 aromatic rings. The lowest BCUT2D eigenvalue weighted by atomic mass is 10.1. The first-order valence-corrected chi connectivity index (χ1v) is 4.78. The molecule has 0 radical (unpaired) electrons. The Kier molecular flexibility index (Phi) is 5.08. The molecule has 0 fully saturated rings. The van der Waals surface area contributed by atoms with Crippen LogP contribution in [0.1, 0.15) is 40.5 Å². The summed E-state index contributed by atoms with van der Waals surface area (Å²) >= 11 is 0. The summed E-state index contributed by atoms with van der Waals surface area (Å²) in [6.45, 7) is 6.88. The number of carbonyl (C=O) groups excluding carboxylic acids is 1. The summed E-state index contributed by atoms with van der Waals surface area (Å²) in [7, 11) is 0. The van der Waals surface area contributed by atoms with Gasteiger partial charge in [-0.1, -0.05) is 0 Å². The van der Waals surface area contributed by atoms with E-state index in [1.807, 2.05) is 0 Å². The fraction of sp³-hybridized carbons (Fsp3) is 0.900. The summed E-state index contributed by atoms with van der Waals surface area (Å²) < 4.78 is 5.01. The lowest BCUT2D eigenvalue weighted by Crippen LogP contribution is -2.27. The van der Waals surface area contributed by atoms with E-state index < -0.39 is 23.8 Å². The first kappa shape index (κ1) is 13.4. The third-order valence-electron chi connectivity index (χ3n) is 1.44. The molecule has 0 aliphatic rings. The highest BCUT2D eigenvalue weighted by molar-refractivity contribution is 5.70. The number of ether oxygens (including phenoxy) is 1. The smallest absolute Gasteiger partial charge is 0.308 e. The zero-order valence-electron chi connectivity index (χ0n) is 9.28. The van der Waals surface area contributed by atoms with Gasteiger partial charge in [0.15, 0.2) is 0 Å². The Balaban J connectivity index is 3.83. The van der Waals surface area contributed by atoms with Gasteiger partial charge in [0.25, 0.3) is 0 Å². The predicted molar refractivity (Wildman–Crippen MR) is 52.8 cm³/mol. The van der Waals surface area contributed by atoms with E-state index in [0.29, 0.717) is 0 Å². The third-order valence-corrected chi connectivity index (χ3v) is 1.44. The minimum absolute atomic E-state index is 0.0673. The van der Waals surface area contributed by atoms with Gasteiger partial charge < -0.3 is 14.9 Å². The van der Waals surface area contributed by atoms with Crippen LogP contribution in [-0.2, 0) is 9.53 Å². The summed E-state index contributed by atoms with van der Waals surface area (Å²) in [5.41, 5.74) is -0.526. The number of aliphatic hydroxyl groups is 2. The maximum Gasteiger partial charge on any atom is 0.308 e. The Labute approximate surface area is 84.9 Å². The van der Waals surface area contributed by atoms with Crippen molar-refractivity contribution in [3.63, 3.8) is 0 Å². The minimum atomic E-state index is -0.829. The summed E-state index contributed by atoms with van der Waals surface area (Å²) in [5, 5.41) is 18.3. The van der Waals surface area contributed by atoms with Crippen LogP contribution in [-0.4, -0.2) is 34.0 Å². The normalized spacial score (nSPS) is 16.1. The van der Waals surface area contributed by atoms with E-state index in [0.717, 1.165) is 0 Å². The van der Waals surface area contributed by atoms with Crippen molar-refractivity contribution >= 4 is 5.97 Å². The largest absolute Gasteiger partial charge is 0.460 e. The first-order valence-electron chi connectivity index (χ1n) is 4.78. The van der Waals surface area contributed by atoms with Crippen LogP contribution in [0.15, 0.2) is 0 Å². The van der Waals surface area contributed by atoms with E-state index in [4.69, 9.17) is 9.84 Å². The molecule has 0 aromatic carbocycles. The number of hydrogen-bond acceptors (Lipinski definition) is 4. The van der Waals surface area contributed by atoms with Gasteiger partial charge in [0, 0.05) is 0 Å². The molecule has 4 heteroatoms. The molecule has 0 saturated heterocycles. The van der Waals surface area contributed by atoms with Gasteiger partial charge in [-0.05, 0) is 34.1 Å². The average molecular weight is 204 g/mol. The Morgan fingerprint density at radius 2 is 1.86 bits per heavy atom. The van der Waals surface area contributed by atoms with Gasteiger partial charge in [-0.15, -0.1) is 0 Å². The van der Waals surface area contributed by atoms with Crippen LogP contribution in [0.25, 0.3) is 0 Å². The molecule has 2 N–H and O–H groups in total. The van der Waals surface area contributed by atoms with Crippen LogP contribution < -0.4 is 0 Å². The Morgan fingerprint density at radius 1 is 1.36 bits per heavy atom. The maximum atomic E-state index is 11.2. The van der Waals surface area contributed by atoms with Crippen molar-refractivity contribution in [1.82, 2.24) is 0 Å². The Morgan fingerprint density at radius 3 is 2.21 bits per heavy atom. The highest BCUT2D eigenvalue weighted by atomic mass is 16.6. The number of hydrogen-bond donors (Lipinski definition) is 2. The molecule has 0 rings (SSSR count). The van der Waals surface area contributed by atoms with E-state index in [9.17, 15) is 9.90 Å². The molecular weight excluding hydrogens is 184 g/mol. The first-order chi connectivity index (χ1) is 6.20. The van der Waals surface area contributed by atoms with Crippen molar-refractivity contribution in [1.29, 1.82) is 0 Å². The maximum absolute atomic E-state index is 11.2. The molecule has 4 nitrogen and oxygen atoms in total. The summed E-state index contributed by atoms with van der Waals surface area (Å²) in [5.74, 6) is -0.439. The van der Waals surface area contributed by atoms with Gasteiger partial charge in [0.1, 0.15) is 5.60 Å². The van der Waals surface area contributed by atoms with Crippen LogP contribution in [0.4, 0.5) is 0 Å². The second kappa shape index (κ2) is 5.32. The fourth-order valence-electron chi connectivity index (χ4n) is 1.05. The van der Waals surface area contributed by atoms with Crippen molar-refractivity contribution in [2.75, 3.05) is 0 Å². The molecule has 2 atom stereocenters. The summed E-state index contributed by atoms with van der Waals surface area (Å²) in [6.07, 6.45) is -1.31. The molecule has 0 amide bonds. The molecule has 0 unspecified atom stereocenters. The molecule has 0 aromatic heterocycles. The van der Waals surface area contributed by atoms with E-state index in [2.05, 4.69) is 0 Å². The Bertz CT molecular complexity index is 181. The van der Waals surface area contributed by atoms with Gasteiger partial charge in [0.05, 0.1) is 18.6 Å². The van der Waals surface area contributed by atoms with E-state index >= 15 is 0 Å². The molecule has 84 valence electrons. The molecule has 0 aliphatic heterocycles. The van der Waals surface area contributed by atoms with Crippen LogP contribution in [0.3, 0.4) is 0 Å². The number of rotatable bonds is 4. The molecule has 0 bridgehead atoms. The Hall–Kier alpha value is -0.610. The SMILES string of the molecule is C[C@H](O)C[C@@H](O)CC(=O)OC(C)(C)C. The van der Waals surface area contributed by atoms with Crippen LogP contribution in [0.2, 0.25) is 0 Å². The van der Waals surface area contributed by atoms with Gasteiger partial charge in [-0.2, -0.15) is 0 Å². The van der Waals surface area contributed by atoms with Crippen molar-refractivity contribution in [2.45, 2.75) is 58.3 Å². The van der Waals surface area contributed by atoms with Crippen LogP contribution >= 0.6 is 0 Å². The number of carbonyl (C=O) groups is 1. The van der Waals surface area contributed by atoms with Crippen LogP contribution in [0.5, 0.6) is 0 Å². The van der Waals surface area contributed by atoms with Crippen molar-refractivity contribution in [3.8, 4) is 0 Å². The second-order valence-electron chi connectivity index (χ2n) is 4.53. The predicted octanol–water partition coefficient (Wildman–Crippen LogP) is 0.850. The zero-order chi connectivity index (χ0) is 11.4. The van der Waals surface area contributed by atoms with E-state index in [1.165, 1.54) is 0 Å². The third kappa shape index (κ3) is 8.01. The number of esters is 1. The number of aliphatic hydroxyl groups excluding tert-OH is 2. The van der Waals surface area contributed by atoms with E-state index in [-0.39, 0.29) is 12.8 Å². The van der Waals surface area contributed by atoms with Gasteiger partial charge >= 0.3 is 5.97 Å². The lowest BCUT2D eigenvalue weighted by molar-refractivity contribution is -0.157. The lowest BCUT2D eigenvalue weighted by Gasteiger charge is -2.20. The van der Waals surface area contributed by atoms with Gasteiger partial charge in [0.2, 0.25) is 0 Å². The minimum Gasteiger partial charge on any atom is -0.460 e. The summed E-state index contributed by atoms with van der Waals surface area (Å²) in [4.78, 5) is 11.2. The van der Waals surface area contributed by atoms with Gasteiger partial charge in [-0.3, -0.25) is 4.79 Å². The molecule has 0 aliphatic carbocycles. The summed E-state index contributed by atoms with van der Waals surface area (Å²) in [6, 6.07) is 0. The topological polar surface area (TPSA) is 66.8 Å². The zero-order valence-corrected chi connectivity index (χ0v) is 9.28. The molecule has 0 spiro atoms. The monoisotopic (exact) mass is 204 g/mol. The van der Waals surface area contributed by atoms with Gasteiger partial charge in [-0.25, -0.2) is 0 Å². The molecule has 0 heterocycles. The van der Waals surface area contributed by atoms with E-state index in [1.54, 1.807) is 27.7 Å². The molecule has 14 heavy (non-hydrogen) atoms. The molecule has 0 saturated carbocycles. The standard InChI is InChI=1S/C10H20O4/c1-7(11)5-8(12)6-9(13)14-10(2,3)4/h7-8,11-12H,5-6H2,1-4H3/t7-,8+/m0/s1. The van der Waals surface area contributed by atoms with Crippen LogP contribution in [0, 0.1) is 0 Å². The highest BCUT2D eigenvalue weighted by Gasteiger charge is 2.19. The molecular formula is C10H20O4.